The van der Waals surface area contributed by atoms with Crippen LogP contribution in [0.2, 0.25) is 0 Å². The van der Waals surface area contributed by atoms with Crippen molar-refractivity contribution in [3.8, 4) is 11.6 Å². The molecule has 0 radical (unpaired) electrons. The Balaban J connectivity index is 1.68. The molecule has 3 N–H and O–H groups in total. The maximum atomic E-state index is 12.2. The molecule has 1 aromatic heterocycles. The minimum Gasteiger partial charge on any atom is -0.437 e. The van der Waals surface area contributed by atoms with Crippen molar-refractivity contribution < 1.29 is 14.5 Å². The Labute approximate surface area is 209 Å². The number of anilines is 3. The molecular weight excluding hydrogens is 462 g/mol. The van der Waals surface area contributed by atoms with Crippen molar-refractivity contribution in [2.45, 2.75) is 20.3 Å². The van der Waals surface area contributed by atoms with Gasteiger partial charge in [-0.1, -0.05) is 19.1 Å². The number of aromatic nitrogens is 2. The molecule has 1 amide bonds. The van der Waals surface area contributed by atoms with Crippen LogP contribution in [-0.4, -0.2) is 58.9 Å². The van der Waals surface area contributed by atoms with Gasteiger partial charge in [0, 0.05) is 43.6 Å². The first kappa shape index (κ1) is 24.9. The fourth-order valence-electron chi connectivity index (χ4n) is 4.01. The van der Waals surface area contributed by atoms with E-state index in [0.29, 0.717) is 12.1 Å². The summed E-state index contributed by atoms with van der Waals surface area (Å²) in [7, 11) is 2.11. The molecule has 2 heterocycles. The summed E-state index contributed by atoms with van der Waals surface area (Å²) in [4.78, 5) is 36.4. The molecule has 1 aliphatic rings. The van der Waals surface area contributed by atoms with Crippen molar-refractivity contribution in [3.63, 3.8) is 0 Å². The Kier molecular flexibility index (Phi) is 7.30. The van der Waals surface area contributed by atoms with Crippen LogP contribution in [0.5, 0.6) is 11.6 Å². The summed E-state index contributed by atoms with van der Waals surface area (Å²) >= 11 is 0. The van der Waals surface area contributed by atoms with Gasteiger partial charge in [-0.2, -0.15) is 4.98 Å². The van der Waals surface area contributed by atoms with Crippen LogP contribution in [-0.2, 0) is 6.42 Å². The summed E-state index contributed by atoms with van der Waals surface area (Å²) in [5, 5.41) is 14.3. The van der Waals surface area contributed by atoms with E-state index in [2.05, 4.69) is 39.1 Å². The number of benzene rings is 2. The van der Waals surface area contributed by atoms with Crippen LogP contribution in [0.25, 0.3) is 0 Å². The number of nitrogens with one attached hydrogen (secondary N) is 1. The highest BCUT2D eigenvalue weighted by Gasteiger charge is 2.21. The summed E-state index contributed by atoms with van der Waals surface area (Å²) in [6, 6.07) is 11.7. The molecule has 0 aliphatic carbocycles. The van der Waals surface area contributed by atoms with E-state index in [1.807, 2.05) is 25.1 Å². The van der Waals surface area contributed by atoms with Crippen molar-refractivity contribution in [2.75, 3.05) is 43.4 Å². The summed E-state index contributed by atoms with van der Waals surface area (Å²) in [5.41, 5.74) is 8.86. The van der Waals surface area contributed by atoms with Crippen LogP contribution >= 0.6 is 0 Å². The first-order valence-corrected chi connectivity index (χ1v) is 11.7. The molecule has 0 spiro atoms. The van der Waals surface area contributed by atoms with Gasteiger partial charge in [0.1, 0.15) is 11.4 Å². The number of rotatable bonds is 8. The molecule has 4 rings (SSSR count). The maximum absolute atomic E-state index is 12.2. The number of hydrogen-bond acceptors (Lipinski definition) is 9. The van der Waals surface area contributed by atoms with E-state index < -0.39 is 10.8 Å². The third kappa shape index (κ3) is 5.52. The number of nitro groups is 1. The van der Waals surface area contributed by atoms with Crippen molar-refractivity contribution >= 4 is 28.8 Å². The van der Waals surface area contributed by atoms with E-state index in [1.165, 1.54) is 18.2 Å². The molecule has 0 bridgehead atoms. The average molecular weight is 492 g/mol. The Bertz CT molecular complexity index is 1290. The van der Waals surface area contributed by atoms with Crippen LogP contribution in [0.15, 0.2) is 42.5 Å². The normalized spacial score (nSPS) is 13.9. The molecule has 36 heavy (non-hydrogen) atoms. The van der Waals surface area contributed by atoms with Gasteiger partial charge in [-0.25, -0.2) is 4.98 Å². The zero-order chi connectivity index (χ0) is 25.8. The van der Waals surface area contributed by atoms with Crippen molar-refractivity contribution in [1.82, 2.24) is 14.9 Å². The number of non-ortho nitro benzene ring substituents is 1. The number of aryl methyl sites for hydroxylation is 2. The smallest absolute Gasteiger partial charge is 0.273 e. The number of amides is 1. The van der Waals surface area contributed by atoms with Gasteiger partial charge in [0.25, 0.3) is 11.6 Å². The SMILES string of the molecule is CCc1nc(C(N)=O)c(Nc2ccc(C)c(N3CCN(C)CC3)c2)nc1Oc1cccc([N+](=O)[O-])c1. The largest absolute Gasteiger partial charge is 0.437 e. The Morgan fingerprint density at radius 3 is 2.58 bits per heavy atom. The number of nitrogens with two attached hydrogens (primary N) is 1. The first-order valence-electron chi connectivity index (χ1n) is 11.7. The number of ether oxygens (including phenoxy) is 1. The number of nitrogens with zero attached hydrogens (tertiary/aromatic N) is 5. The van der Waals surface area contributed by atoms with Gasteiger partial charge in [-0.3, -0.25) is 14.9 Å². The fourth-order valence-corrected chi connectivity index (χ4v) is 4.01. The van der Waals surface area contributed by atoms with E-state index in [0.717, 1.165) is 43.1 Å². The minimum absolute atomic E-state index is 0.0139. The van der Waals surface area contributed by atoms with Crippen LogP contribution in [0, 0.1) is 17.0 Å². The molecule has 0 saturated carbocycles. The molecule has 188 valence electrons. The number of likely N-dealkylation sites (N-methyl/N-ethyl adjacent to an activating group) is 1. The summed E-state index contributed by atoms with van der Waals surface area (Å²) in [6.45, 7) is 7.69. The van der Waals surface area contributed by atoms with E-state index in [-0.39, 0.29) is 28.8 Å². The van der Waals surface area contributed by atoms with Gasteiger partial charge in [0.05, 0.1) is 11.0 Å². The molecule has 0 unspecified atom stereocenters. The second kappa shape index (κ2) is 10.6. The third-order valence-electron chi connectivity index (χ3n) is 6.06. The summed E-state index contributed by atoms with van der Waals surface area (Å²) in [6.07, 6.45) is 0.413. The number of nitro benzene ring substituents is 1. The second-order valence-electron chi connectivity index (χ2n) is 8.66. The molecule has 2 aromatic carbocycles. The number of carbonyl (C=O) groups excluding carboxylic acids is 1. The Hall–Kier alpha value is -4.25. The van der Waals surface area contributed by atoms with Crippen LogP contribution in [0.4, 0.5) is 22.9 Å². The van der Waals surface area contributed by atoms with Gasteiger partial charge < -0.3 is 25.6 Å². The molecular formula is C25H29N7O4. The van der Waals surface area contributed by atoms with Gasteiger partial charge in [-0.15, -0.1) is 0 Å². The first-order chi connectivity index (χ1) is 17.2. The highest BCUT2D eigenvalue weighted by atomic mass is 16.6. The van der Waals surface area contributed by atoms with Crippen molar-refractivity contribution in [3.05, 3.63) is 69.5 Å². The van der Waals surface area contributed by atoms with E-state index in [1.54, 1.807) is 6.07 Å². The second-order valence-corrected chi connectivity index (χ2v) is 8.66. The Morgan fingerprint density at radius 2 is 1.92 bits per heavy atom. The number of piperazine rings is 1. The van der Waals surface area contributed by atoms with E-state index in [9.17, 15) is 14.9 Å². The van der Waals surface area contributed by atoms with Gasteiger partial charge in [-0.05, 0) is 44.2 Å². The number of hydrogen-bond donors (Lipinski definition) is 2. The predicted molar refractivity (Wildman–Crippen MR) is 137 cm³/mol. The lowest BCUT2D eigenvalue weighted by atomic mass is 10.1. The molecule has 1 aliphatic heterocycles. The van der Waals surface area contributed by atoms with E-state index >= 15 is 0 Å². The maximum Gasteiger partial charge on any atom is 0.273 e. The van der Waals surface area contributed by atoms with Crippen molar-refractivity contribution in [2.24, 2.45) is 5.73 Å². The van der Waals surface area contributed by atoms with Gasteiger partial charge >= 0.3 is 0 Å². The van der Waals surface area contributed by atoms with Gasteiger partial charge in [0.15, 0.2) is 11.5 Å². The van der Waals surface area contributed by atoms with Crippen LogP contribution < -0.4 is 20.7 Å². The molecule has 11 nitrogen and oxygen atoms in total. The monoisotopic (exact) mass is 491 g/mol. The number of carbonyl (C=O) groups is 1. The molecule has 11 heteroatoms. The highest BCUT2D eigenvalue weighted by molar-refractivity contribution is 5.96. The van der Waals surface area contributed by atoms with E-state index in [4.69, 9.17) is 10.5 Å². The summed E-state index contributed by atoms with van der Waals surface area (Å²) < 4.78 is 5.87. The standard InChI is InChI=1S/C25H29N7O4/c1-4-20-25(36-19-7-5-6-18(15-19)32(34)35)29-24(22(28-20)23(26)33)27-17-9-8-16(2)21(14-17)31-12-10-30(3)11-13-31/h5-9,14-15H,4,10-13H2,1-3H3,(H2,26,33)(H,27,29). The Morgan fingerprint density at radius 1 is 1.17 bits per heavy atom. The summed E-state index contributed by atoms with van der Waals surface area (Å²) in [5.74, 6) is -0.211. The lowest BCUT2D eigenvalue weighted by Gasteiger charge is -2.35. The van der Waals surface area contributed by atoms with Crippen LogP contribution in [0.3, 0.4) is 0 Å². The fraction of sp³-hybridized carbons (Fsp3) is 0.320. The van der Waals surface area contributed by atoms with Crippen molar-refractivity contribution in [1.29, 1.82) is 0 Å². The lowest BCUT2D eigenvalue weighted by molar-refractivity contribution is -0.384. The predicted octanol–water partition coefficient (Wildman–Crippen LogP) is 3.64. The lowest BCUT2D eigenvalue weighted by Crippen LogP contribution is -2.44. The average Bonchev–Trinajstić information content (AvgIpc) is 2.86. The molecule has 1 fully saturated rings. The zero-order valence-electron chi connectivity index (χ0n) is 20.5. The molecule has 3 aromatic rings. The molecule has 0 atom stereocenters. The van der Waals surface area contributed by atoms with Crippen LogP contribution in [0.1, 0.15) is 28.7 Å². The highest BCUT2D eigenvalue weighted by Crippen LogP contribution is 2.31. The number of primary amides is 1. The third-order valence-corrected chi connectivity index (χ3v) is 6.06. The minimum atomic E-state index is -0.729. The topological polar surface area (TPSA) is 140 Å². The van der Waals surface area contributed by atoms with Gasteiger partial charge in [0.2, 0.25) is 5.88 Å². The molecule has 1 saturated heterocycles. The quantitative estimate of drug-likeness (QED) is 0.357. The zero-order valence-corrected chi connectivity index (χ0v) is 20.5.